The van der Waals surface area contributed by atoms with Crippen molar-refractivity contribution in [2.24, 2.45) is 0 Å². The minimum Gasteiger partial charge on any atom is -0.457 e. The maximum absolute atomic E-state index is 11.8. The molecule has 0 aromatic heterocycles. The molecule has 0 aliphatic carbocycles. The van der Waals surface area contributed by atoms with E-state index in [4.69, 9.17) is 26.2 Å². The van der Waals surface area contributed by atoms with Crippen LogP contribution < -0.4 is 4.74 Å². The van der Waals surface area contributed by atoms with Crippen LogP contribution in [-0.2, 0) is 11.3 Å². The normalized spacial score (nSPS) is 11.7. The Bertz CT molecular complexity index is 552. The van der Waals surface area contributed by atoms with Crippen molar-refractivity contribution in [2.45, 2.75) is 12.4 Å². The van der Waals surface area contributed by atoms with Gasteiger partial charge in [0.05, 0.1) is 5.56 Å². The second-order valence-corrected chi connectivity index (χ2v) is 4.37. The molecule has 0 fully saturated rings. The van der Waals surface area contributed by atoms with Crippen LogP contribution in [0.4, 0.5) is 0 Å². The highest BCUT2D eigenvalue weighted by atomic mass is 35.5. The van der Waals surface area contributed by atoms with Crippen LogP contribution in [0.5, 0.6) is 5.75 Å². The number of rotatable bonds is 5. The molecule has 0 saturated carbocycles. The first kappa shape index (κ1) is 14.4. The predicted molar refractivity (Wildman–Crippen MR) is 74.5 cm³/mol. The molecule has 0 bridgehead atoms. The molecule has 0 aliphatic rings. The predicted octanol–water partition coefficient (Wildman–Crippen LogP) is 2.94. The number of ether oxygens (including phenoxy) is 2. The molecule has 2 aromatic carbocycles. The van der Waals surface area contributed by atoms with Gasteiger partial charge in [-0.3, -0.25) is 0 Å². The third kappa shape index (κ3) is 4.26. The van der Waals surface area contributed by atoms with Crippen molar-refractivity contribution >= 4 is 17.6 Å². The first-order valence-corrected chi connectivity index (χ1v) is 6.39. The second-order valence-electron chi connectivity index (χ2n) is 4.00. The zero-order valence-electron chi connectivity index (χ0n) is 10.5. The van der Waals surface area contributed by atoms with E-state index in [1.165, 1.54) is 12.1 Å². The maximum Gasteiger partial charge on any atom is 0.338 e. The van der Waals surface area contributed by atoms with Gasteiger partial charge in [-0.1, -0.05) is 30.3 Å². The van der Waals surface area contributed by atoms with Gasteiger partial charge in [0.1, 0.15) is 12.4 Å². The first-order chi connectivity index (χ1) is 9.65. The van der Waals surface area contributed by atoms with Gasteiger partial charge in [-0.05, 0) is 41.4 Å². The molecule has 0 radical (unpaired) electrons. The molecule has 20 heavy (non-hydrogen) atoms. The molecule has 0 amide bonds. The number of benzene rings is 2. The smallest absolute Gasteiger partial charge is 0.338 e. The van der Waals surface area contributed by atoms with Crippen LogP contribution in [0, 0.1) is 0 Å². The number of hydrogen-bond acceptors (Lipinski definition) is 4. The highest BCUT2D eigenvalue weighted by Gasteiger charge is 2.08. The molecule has 1 unspecified atom stereocenters. The number of hydrogen-bond donors (Lipinski definition) is 1. The summed E-state index contributed by atoms with van der Waals surface area (Å²) in [4.78, 5) is 11.8. The lowest BCUT2D eigenvalue weighted by molar-refractivity contribution is 0.0472. The van der Waals surface area contributed by atoms with Gasteiger partial charge in [0, 0.05) is 0 Å². The quantitative estimate of drug-likeness (QED) is 0.523. The Balaban J connectivity index is 1.92. The van der Waals surface area contributed by atoms with Gasteiger partial charge in [0.2, 0.25) is 0 Å². The molecule has 5 heteroatoms. The lowest BCUT2D eigenvalue weighted by Gasteiger charge is -2.08. The Kier molecular flexibility index (Phi) is 4.98. The van der Waals surface area contributed by atoms with Gasteiger partial charge in [0.15, 0.2) is 0 Å². The Morgan fingerprint density at radius 3 is 2.35 bits per heavy atom. The molecule has 0 aliphatic heterocycles. The largest absolute Gasteiger partial charge is 0.457 e. The van der Waals surface area contributed by atoms with Gasteiger partial charge in [-0.15, -0.1) is 0 Å². The van der Waals surface area contributed by atoms with Crippen LogP contribution in [0.3, 0.4) is 0 Å². The van der Waals surface area contributed by atoms with Gasteiger partial charge in [-0.2, -0.15) is 0 Å². The second kappa shape index (κ2) is 6.93. The van der Waals surface area contributed by atoms with Crippen LogP contribution in [0.15, 0.2) is 54.6 Å². The van der Waals surface area contributed by atoms with Crippen molar-refractivity contribution in [1.29, 1.82) is 0 Å². The van der Waals surface area contributed by atoms with Gasteiger partial charge >= 0.3 is 5.97 Å². The third-order valence-electron chi connectivity index (χ3n) is 2.54. The van der Waals surface area contributed by atoms with Crippen molar-refractivity contribution < 1.29 is 19.4 Å². The fourth-order valence-corrected chi connectivity index (χ4v) is 1.69. The summed E-state index contributed by atoms with van der Waals surface area (Å²) in [5, 5.41) is 8.85. The van der Waals surface area contributed by atoms with E-state index in [0.29, 0.717) is 11.3 Å². The van der Waals surface area contributed by atoms with Gasteiger partial charge in [0.25, 0.3) is 5.75 Å². The Labute approximate surface area is 121 Å². The van der Waals surface area contributed by atoms with Crippen LogP contribution >= 0.6 is 11.6 Å². The third-order valence-corrected chi connectivity index (χ3v) is 2.63. The average Bonchev–Trinajstić information content (AvgIpc) is 2.46. The summed E-state index contributed by atoms with van der Waals surface area (Å²) in [6.45, 7) is 0.221. The summed E-state index contributed by atoms with van der Waals surface area (Å²) < 4.78 is 10.0. The van der Waals surface area contributed by atoms with E-state index in [1.54, 1.807) is 12.1 Å². The molecule has 2 rings (SSSR count). The number of esters is 1. The number of alkyl halides is 1. The molecule has 104 valence electrons. The lowest BCUT2D eigenvalue weighted by Crippen LogP contribution is -2.07. The standard InChI is InChI=1S/C15H13ClO4/c16-15(18)20-13-8-6-12(7-9-13)14(17)19-10-11-4-2-1-3-5-11/h1-9,15,18H,10H2. The Morgan fingerprint density at radius 2 is 1.75 bits per heavy atom. The fourth-order valence-electron chi connectivity index (χ4n) is 1.59. The summed E-state index contributed by atoms with van der Waals surface area (Å²) in [7, 11) is 0. The summed E-state index contributed by atoms with van der Waals surface area (Å²) in [6, 6.07) is 15.6. The fraction of sp³-hybridized carbons (Fsp3) is 0.133. The first-order valence-electron chi connectivity index (χ1n) is 5.95. The zero-order chi connectivity index (χ0) is 14.4. The van der Waals surface area contributed by atoms with E-state index in [2.05, 4.69) is 0 Å². The van der Waals surface area contributed by atoms with E-state index < -0.39 is 11.7 Å². The Hall–Kier alpha value is -2.04. The molecule has 4 nitrogen and oxygen atoms in total. The van der Waals surface area contributed by atoms with E-state index in [0.717, 1.165) is 5.56 Å². The van der Waals surface area contributed by atoms with E-state index in [9.17, 15) is 4.79 Å². The van der Waals surface area contributed by atoms with Crippen LogP contribution in [0.1, 0.15) is 15.9 Å². The van der Waals surface area contributed by atoms with E-state index in [1.807, 2.05) is 30.3 Å². The molecule has 2 aromatic rings. The van der Waals surface area contributed by atoms with Crippen LogP contribution in [0.2, 0.25) is 0 Å². The van der Waals surface area contributed by atoms with Crippen LogP contribution in [-0.4, -0.2) is 16.8 Å². The van der Waals surface area contributed by atoms with E-state index in [-0.39, 0.29) is 6.61 Å². The molecule has 0 heterocycles. The molecule has 1 N–H and O–H groups in total. The van der Waals surface area contributed by atoms with Gasteiger partial charge in [-0.25, -0.2) is 4.79 Å². The van der Waals surface area contributed by atoms with Crippen molar-refractivity contribution in [3.8, 4) is 5.75 Å². The maximum atomic E-state index is 11.8. The van der Waals surface area contributed by atoms with E-state index >= 15 is 0 Å². The molecule has 1 atom stereocenters. The monoisotopic (exact) mass is 292 g/mol. The topological polar surface area (TPSA) is 55.8 Å². The highest BCUT2D eigenvalue weighted by molar-refractivity contribution is 6.18. The number of aliphatic hydroxyl groups excluding tert-OH is 1. The summed E-state index contributed by atoms with van der Waals surface area (Å²) in [5.74, 6) is -1.47. The van der Waals surface area contributed by atoms with Crippen molar-refractivity contribution in [3.05, 3.63) is 65.7 Å². The summed E-state index contributed by atoms with van der Waals surface area (Å²) >= 11 is 5.27. The Morgan fingerprint density at radius 1 is 1.10 bits per heavy atom. The number of aliphatic hydroxyl groups is 1. The SMILES string of the molecule is O=C(OCc1ccccc1)c1ccc(OC(O)Cl)cc1. The van der Waals surface area contributed by atoms with Crippen LogP contribution in [0.25, 0.3) is 0 Å². The minimum absolute atomic E-state index is 0.221. The number of carbonyl (C=O) groups excluding carboxylic acids is 1. The average molecular weight is 293 g/mol. The molecule has 0 saturated heterocycles. The van der Waals surface area contributed by atoms with Crippen molar-refractivity contribution in [1.82, 2.24) is 0 Å². The van der Waals surface area contributed by atoms with Gasteiger partial charge < -0.3 is 14.6 Å². The zero-order valence-corrected chi connectivity index (χ0v) is 11.3. The van der Waals surface area contributed by atoms with Crippen molar-refractivity contribution in [3.63, 3.8) is 0 Å². The van der Waals surface area contributed by atoms with Crippen molar-refractivity contribution in [2.75, 3.05) is 0 Å². The number of halogens is 1. The number of carbonyl (C=O) groups is 1. The molecular formula is C15H13ClO4. The summed E-state index contributed by atoms with van der Waals surface area (Å²) in [6.07, 6.45) is 0. The molecule has 0 spiro atoms. The minimum atomic E-state index is -1.41. The highest BCUT2D eigenvalue weighted by Crippen LogP contribution is 2.15. The molecular weight excluding hydrogens is 280 g/mol. The summed E-state index contributed by atoms with van der Waals surface area (Å²) in [5.41, 5.74) is 1.32. The lowest BCUT2D eigenvalue weighted by atomic mass is 10.2.